The van der Waals surface area contributed by atoms with E-state index in [4.69, 9.17) is 6.42 Å². The first kappa shape index (κ1) is 13.7. The molecule has 0 aromatic carbocycles. The van der Waals surface area contributed by atoms with E-state index in [-0.39, 0.29) is 0 Å². The molecule has 0 fully saturated rings. The van der Waals surface area contributed by atoms with E-state index in [0.717, 1.165) is 37.2 Å². The Balaban J connectivity index is 2.86. The van der Waals surface area contributed by atoms with Gasteiger partial charge in [-0.2, -0.15) is 10.2 Å². The van der Waals surface area contributed by atoms with Gasteiger partial charge in [0.15, 0.2) is 0 Å². The molecule has 0 aliphatic carbocycles. The van der Waals surface area contributed by atoms with E-state index in [1.54, 1.807) is 0 Å². The number of aryl methyl sites for hydroxylation is 2. The Morgan fingerprint density at radius 2 is 2.18 bits per heavy atom. The van der Waals surface area contributed by atoms with Gasteiger partial charge in [0.05, 0.1) is 11.4 Å². The number of hydrogen-bond acceptors (Lipinski definition) is 3. The maximum absolute atomic E-state index is 5.35. The van der Waals surface area contributed by atoms with Crippen LogP contribution >= 0.6 is 0 Å². The second-order valence-electron chi connectivity index (χ2n) is 4.28. The van der Waals surface area contributed by atoms with Crippen LogP contribution in [0.3, 0.4) is 0 Å². The van der Waals surface area contributed by atoms with Gasteiger partial charge < -0.3 is 5.32 Å². The predicted octanol–water partition coefficient (Wildman–Crippen LogP) is 2.55. The number of nitrogens with one attached hydrogen (secondary N) is 1. The van der Waals surface area contributed by atoms with Crippen LogP contribution in [0.4, 0.5) is 0 Å². The molecule has 0 amide bonds. The van der Waals surface area contributed by atoms with Crippen LogP contribution in [0.1, 0.15) is 49.2 Å². The molecule has 0 bridgehead atoms. The van der Waals surface area contributed by atoms with Crippen molar-refractivity contribution < 1.29 is 0 Å². The van der Waals surface area contributed by atoms with Crippen molar-refractivity contribution in [2.75, 3.05) is 6.54 Å². The zero-order chi connectivity index (χ0) is 12.7. The molecule has 0 radical (unpaired) electrons. The highest BCUT2D eigenvalue weighted by Crippen LogP contribution is 2.21. The molecule has 0 saturated carbocycles. The molecule has 3 nitrogen and oxygen atoms in total. The molecule has 1 rings (SSSR count). The lowest BCUT2D eigenvalue weighted by Crippen LogP contribution is -2.23. The SMILES string of the molecule is C#CCCC(NCCC)c1cc(C)nnc1C. The molecule has 0 aliphatic rings. The number of rotatable bonds is 6. The molecule has 1 unspecified atom stereocenters. The third kappa shape index (κ3) is 4.16. The van der Waals surface area contributed by atoms with E-state index in [0.29, 0.717) is 6.04 Å². The monoisotopic (exact) mass is 231 g/mol. The highest BCUT2D eigenvalue weighted by atomic mass is 15.1. The first-order valence-electron chi connectivity index (χ1n) is 6.16. The summed E-state index contributed by atoms with van der Waals surface area (Å²) >= 11 is 0. The zero-order valence-corrected chi connectivity index (χ0v) is 11.0. The molecule has 0 spiro atoms. The number of aromatic nitrogens is 2. The van der Waals surface area contributed by atoms with Crippen LogP contribution in [-0.2, 0) is 0 Å². The van der Waals surface area contributed by atoms with Crippen molar-refractivity contribution in [3.05, 3.63) is 23.0 Å². The van der Waals surface area contributed by atoms with E-state index in [1.807, 2.05) is 13.8 Å². The van der Waals surface area contributed by atoms with Gasteiger partial charge in [0.1, 0.15) is 0 Å². The van der Waals surface area contributed by atoms with Gasteiger partial charge in [-0.1, -0.05) is 6.92 Å². The second kappa shape index (κ2) is 7.03. The lowest BCUT2D eigenvalue weighted by molar-refractivity contribution is 0.500. The number of terminal acetylenes is 1. The third-order valence-electron chi connectivity index (χ3n) is 2.73. The minimum Gasteiger partial charge on any atom is -0.310 e. The van der Waals surface area contributed by atoms with Crippen LogP contribution in [0, 0.1) is 26.2 Å². The summed E-state index contributed by atoms with van der Waals surface area (Å²) in [4.78, 5) is 0. The fourth-order valence-electron chi connectivity index (χ4n) is 1.84. The topological polar surface area (TPSA) is 37.8 Å². The molecular formula is C14H21N3. The van der Waals surface area contributed by atoms with Crippen LogP contribution in [0.5, 0.6) is 0 Å². The Labute approximate surface area is 104 Å². The van der Waals surface area contributed by atoms with Crippen LogP contribution < -0.4 is 5.32 Å². The van der Waals surface area contributed by atoms with Gasteiger partial charge >= 0.3 is 0 Å². The smallest absolute Gasteiger partial charge is 0.0648 e. The van der Waals surface area contributed by atoms with Crippen molar-refractivity contribution in [2.45, 2.75) is 46.1 Å². The van der Waals surface area contributed by atoms with E-state index in [9.17, 15) is 0 Å². The second-order valence-corrected chi connectivity index (χ2v) is 4.28. The van der Waals surface area contributed by atoms with Crippen LogP contribution in [0.15, 0.2) is 6.07 Å². The maximum Gasteiger partial charge on any atom is 0.0648 e. The summed E-state index contributed by atoms with van der Waals surface area (Å²) in [6, 6.07) is 2.40. The van der Waals surface area contributed by atoms with Crippen LogP contribution in [0.25, 0.3) is 0 Å². The highest BCUT2D eigenvalue weighted by molar-refractivity contribution is 5.23. The standard InChI is InChI=1S/C14H21N3/c1-5-7-8-14(15-9-6-2)13-10-11(3)16-17-12(13)4/h1,10,14-15H,6-9H2,2-4H3. The first-order chi connectivity index (χ1) is 8.19. The molecule has 1 heterocycles. The van der Waals surface area contributed by atoms with Gasteiger partial charge in [0, 0.05) is 12.5 Å². The average molecular weight is 231 g/mol. The van der Waals surface area contributed by atoms with Crippen molar-refractivity contribution in [1.29, 1.82) is 0 Å². The summed E-state index contributed by atoms with van der Waals surface area (Å²) in [5, 5.41) is 11.8. The summed E-state index contributed by atoms with van der Waals surface area (Å²) in [7, 11) is 0. The normalized spacial score (nSPS) is 12.1. The van der Waals surface area contributed by atoms with Crippen molar-refractivity contribution in [3.8, 4) is 12.3 Å². The molecule has 1 aromatic rings. The lowest BCUT2D eigenvalue weighted by atomic mass is 10.0. The first-order valence-corrected chi connectivity index (χ1v) is 6.16. The summed E-state index contributed by atoms with van der Waals surface area (Å²) < 4.78 is 0. The van der Waals surface area contributed by atoms with Gasteiger partial charge in [0.2, 0.25) is 0 Å². The molecule has 92 valence electrons. The zero-order valence-electron chi connectivity index (χ0n) is 11.0. The Morgan fingerprint density at radius 3 is 2.82 bits per heavy atom. The summed E-state index contributed by atoms with van der Waals surface area (Å²) in [6.07, 6.45) is 8.19. The molecule has 0 aliphatic heterocycles. The fraction of sp³-hybridized carbons (Fsp3) is 0.571. The van der Waals surface area contributed by atoms with Crippen LogP contribution in [0.2, 0.25) is 0 Å². The van der Waals surface area contributed by atoms with E-state index < -0.39 is 0 Å². The van der Waals surface area contributed by atoms with Gasteiger partial charge in [-0.05, 0) is 44.9 Å². The number of nitrogens with zero attached hydrogens (tertiary/aromatic N) is 2. The minimum absolute atomic E-state index is 0.292. The van der Waals surface area contributed by atoms with Gasteiger partial charge in [-0.25, -0.2) is 0 Å². The Kier molecular flexibility index (Phi) is 5.65. The Hall–Kier alpha value is -1.40. The van der Waals surface area contributed by atoms with Gasteiger partial charge in [-0.15, -0.1) is 12.3 Å². The molecule has 1 aromatic heterocycles. The quantitative estimate of drug-likeness (QED) is 0.765. The van der Waals surface area contributed by atoms with Crippen molar-refractivity contribution >= 4 is 0 Å². The van der Waals surface area contributed by atoms with Crippen molar-refractivity contribution in [3.63, 3.8) is 0 Å². The summed E-state index contributed by atoms with van der Waals surface area (Å²) in [6.45, 7) is 7.12. The van der Waals surface area contributed by atoms with E-state index in [1.165, 1.54) is 5.56 Å². The number of hydrogen-bond donors (Lipinski definition) is 1. The highest BCUT2D eigenvalue weighted by Gasteiger charge is 2.13. The van der Waals surface area contributed by atoms with E-state index in [2.05, 4.69) is 34.4 Å². The molecular weight excluding hydrogens is 210 g/mol. The Morgan fingerprint density at radius 1 is 1.41 bits per heavy atom. The minimum atomic E-state index is 0.292. The lowest BCUT2D eigenvalue weighted by Gasteiger charge is -2.19. The van der Waals surface area contributed by atoms with Crippen molar-refractivity contribution in [1.82, 2.24) is 15.5 Å². The molecule has 17 heavy (non-hydrogen) atoms. The average Bonchev–Trinajstić information content (AvgIpc) is 2.33. The maximum atomic E-state index is 5.35. The molecule has 3 heteroatoms. The fourth-order valence-corrected chi connectivity index (χ4v) is 1.84. The van der Waals surface area contributed by atoms with Gasteiger partial charge in [0.25, 0.3) is 0 Å². The van der Waals surface area contributed by atoms with E-state index >= 15 is 0 Å². The van der Waals surface area contributed by atoms with Gasteiger partial charge in [-0.3, -0.25) is 0 Å². The van der Waals surface area contributed by atoms with Crippen molar-refractivity contribution in [2.24, 2.45) is 0 Å². The third-order valence-corrected chi connectivity index (χ3v) is 2.73. The molecule has 1 N–H and O–H groups in total. The van der Waals surface area contributed by atoms with Crippen LogP contribution in [-0.4, -0.2) is 16.7 Å². The molecule has 0 saturated heterocycles. The summed E-state index contributed by atoms with van der Waals surface area (Å²) in [5.74, 6) is 2.70. The molecule has 1 atom stereocenters. The Bertz CT molecular complexity index is 393. The summed E-state index contributed by atoms with van der Waals surface area (Å²) in [5.41, 5.74) is 3.16. The largest absolute Gasteiger partial charge is 0.310 e. The predicted molar refractivity (Wildman–Crippen MR) is 70.6 cm³/mol.